The summed E-state index contributed by atoms with van der Waals surface area (Å²) >= 11 is 0. The number of rotatable bonds is 0. The minimum absolute atomic E-state index is 0.111. The summed E-state index contributed by atoms with van der Waals surface area (Å²) in [4.78, 5) is 10.9. The van der Waals surface area contributed by atoms with Gasteiger partial charge in [-0.2, -0.15) is 0 Å². The van der Waals surface area contributed by atoms with Gasteiger partial charge in [-0.25, -0.2) is 9.98 Å². The van der Waals surface area contributed by atoms with Gasteiger partial charge in [0.15, 0.2) is 0 Å². The molecule has 0 saturated carbocycles. The van der Waals surface area contributed by atoms with Crippen molar-refractivity contribution in [3.63, 3.8) is 0 Å². The zero-order valence-electron chi connectivity index (χ0n) is 12.1. The van der Waals surface area contributed by atoms with Crippen molar-refractivity contribution in [2.24, 2.45) is 15.4 Å². The van der Waals surface area contributed by atoms with Gasteiger partial charge in [-0.15, -0.1) is 0 Å². The Labute approximate surface area is 109 Å². The maximum absolute atomic E-state index is 5.65. The molecule has 5 heteroatoms. The van der Waals surface area contributed by atoms with Crippen LogP contribution in [-0.2, 0) is 9.47 Å². The van der Waals surface area contributed by atoms with E-state index in [9.17, 15) is 0 Å². The van der Waals surface area contributed by atoms with Crippen molar-refractivity contribution in [2.75, 3.05) is 20.3 Å². The van der Waals surface area contributed by atoms with Gasteiger partial charge in [-0.1, -0.05) is 20.8 Å². The molecule has 0 bridgehead atoms. The largest absolute Gasteiger partial charge is 0.463 e. The van der Waals surface area contributed by atoms with E-state index in [1.54, 1.807) is 4.90 Å². The Kier molecular flexibility index (Phi) is 3.03. The molecule has 0 aliphatic carbocycles. The molecule has 2 aliphatic heterocycles. The predicted octanol–water partition coefficient (Wildman–Crippen LogP) is 1.88. The summed E-state index contributed by atoms with van der Waals surface area (Å²) in [7, 11) is 1.88. The average molecular weight is 253 g/mol. The van der Waals surface area contributed by atoms with E-state index < -0.39 is 0 Å². The van der Waals surface area contributed by atoms with Crippen LogP contribution >= 0.6 is 0 Å². The molecule has 0 aromatic heterocycles. The minimum Gasteiger partial charge on any atom is -0.463 e. The number of aliphatic imine (C=N–C) groups is 2. The molecule has 0 aromatic carbocycles. The SMILES string of the molecule is CN(C1=N[C@@H](C(C)(C)C)CO1)C1=NC(C)(C)CO1. The number of amidine groups is 2. The van der Waals surface area contributed by atoms with E-state index in [0.717, 1.165) is 0 Å². The monoisotopic (exact) mass is 253 g/mol. The quantitative estimate of drug-likeness (QED) is 0.662. The summed E-state index contributed by atoms with van der Waals surface area (Å²) in [5.74, 6) is 0. The Bertz CT molecular complexity index is 394. The third-order valence-corrected chi connectivity index (χ3v) is 3.16. The maximum atomic E-state index is 5.65. The molecule has 2 heterocycles. The van der Waals surface area contributed by atoms with Crippen LogP contribution in [0.4, 0.5) is 0 Å². The fraction of sp³-hybridized carbons (Fsp3) is 0.846. The number of nitrogens with zero attached hydrogens (tertiary/aromatic N) is 3. The van der Waals surface area contributed by atoms with Gasteiger partial charge >= 0.3 is 0 Å². The molecule has 102 valence electrons. The van der Waals surface area contributed by atoms with Gasteiger partial charge in [0, 0.05) is 7.05 Å². The third-order valence-electron chi connectivity index (χ3n) is 3.16. The van der Waals surface area contributed by atoms with Crippen LogP contribution in [0.3, 0.4) is 0 Å². The highest BCUT2D eigenvalue weighted by Gasteiger charge is 2.35. The van der Waals surface area contributed by atoms with E-state index in [2.05, 4.69) is 30.8 Å². The maximum Gasteiger partial charge on any atom is 0.296 e. The van der Waals surface area contributed by atoms with Crippen LogP contribution in [0, 0.1) is 5.41 Å². The Morgan fingerprint density at radius 3 is 2.33 bits per heavy atom. The van der Waals surface area contributed by atoms with Crippen LogP contribution in [0.1, 0.15) is 34.6 Å². The van der Waals surface area contributed by atoms with Crippen molar-refractivity contribution in [2.45, 2.75) is 46.2 Å². The lowest BCUT2D eigenvalue weighted by Crippen LogP contribution is -2.33. The van der Waals surface area contributed by atoms with Crippen molar-refractivity contribution in [1.82, 2.24) is 4.90 Å². The molecular formula is C13H23N3O2. The Morgan fingerprint density at radius 1 is 1.22 bits per heavy atom. The highest BCUT2D eigenvalue weighted by Crippen LogP contribution is 2.27. The molecule has 2 rings (SSSR count). The molecule has 0 amide bonds. The molecule has 2 aliphatic rings. The summed E-state index contributed by atoms with van der Waals surface area (Å²) in [5.41, 5.74) is -0.0492. The third kappa shape index (κ3) is 2.60. The first-order valence-corrected chi connectivity index (χ1v) is 6.36. The average Bonchev–Trinajstić information content (AvgIpc) is 2.82. The van der Waals surface area contributed by atoms with Crippen LogP contribution in [-0.4, -0.2) is 48.8 Å². The van der Waals surface area contributed by atoms with Gasteiger partial charge < -0.3 is 9.47 Å². The van der Waals surface area contributed by atoms with E-state index in [1.807, 2.05) is 20.9 Å². The van der Waals surface area contributed by atoms with E-state index in [1.165, 1.54) is 0 Å². The van der Waals surface area contributed by atoms with Crippen LogP contribution in [0.5, 0.6) is 0 Å². The standard InChI is InChI=1S/C13H23N3O2/c1-12(2,3)9-7-17-10(14-9)16(6)11-15-13(4,5)8-18-11/h9H,7-8H2,1-6H3/t9-/m1/s1. The molecule has 0 fully saturated rings. The molecule has 0 saturated heterocycles. The van der Waals surface area contributed by atoms with E-state index in [-0.39, 0.29) is 17.0 Å². The lowest BCUT2D eigenvalue weighted by Gasteiger charge is -2.21. The molecule has 0 spiro atoms. The van der Waals surface area contributed by atoms with Crippen LogP contribution in [0.2, 0.25) is 0 Å². The van der Waals surface area contributed by atoms with Crippen LogP contribution in [0.25, 0.3) is 0 Å². The fourth-order valence-corrected chi connectivity index (χ4v) is 1.81. The smallest absolute Gasteiger partial charge is 0.296 e. The van der Waals surface area contributed by atoms with Gasteiger partial charge in [0.1, 0.15) is 13.2 Å². The van der Waals surface area contributed by atoms with Crippen LogP contribution < -0.4 is 0 Å². The topological polar surface area (TPSA) is 46.4 Å². The first-order valence-electron chi connectivity index (χ1n) is 6.36. The van der Waals surface area contributed by atoms with Gasteiger partial charge in [-0.05, 0) is 19.3 Å². The molecule has 0 aromatic rings. The van der Waals surface area contributed by atoms with E-state index in [0.29, 0.717) is 25.3 Å². The lowest BCUT2D eigenvalue weighted by molar-refractivity contribution is 0.216. The van der Waals surface area contributed by atoms with Crippen molar-refractivity contribution in [1.29, 1.82) is 0 Å². The summed E-state index contributed by atoms with van der Waals surface area (Å²) < 4.78 is 11.2. The van der Waals surface area contributed by atoms with Crippen molar-refractivity contribution in [3.05, 3.63) is 0 Å². The van der Waals surface area contributed by atoms with Crippen molar-refractivity contribution in [3.8, 4) is 0 Å². The van der Waals surface area contributed by atoms with Crippen molar-refractivity contribution >= 4 is 12.0 Å². The van der Waals surface area contributed by atoms with Gasteiger partial charge in [-0.3, -0.25) is 4.90 Å². The summed E-state index contributed by atoms with van der Waals surface area (Å²) in [6.45, 7) is 11.8. The first kappa shape index (κ1) is 13.2. The highest BCUT2D eigenvalue weighted by atomic mass is 16.5. The summed E-state index contributed by atoms with van der Waals surface area (Å²) in [6, 6.07) is 1.38. The zero-order valence-corrected chi connectivity index (χ0v) is 12.1. The van der Waals surface area contributed by atoms with Crippen molar-refractivity contribution < 1.29 is 9.47 Å². The molecule has 0 unspecified atom stereocenters. The highest BCUT2D eigenvalue weighted by molar-refractivity contribution is 5.94. The Balaban J connectivity index is 2.10. The minimum atomic E-state index is -0.161. The zero-order chi connectivity index (χ0) is 13.6. The molecule has 1 atom stereocenters. The second kappa shape index (κ2) is 4.14. The van der Waals surface area contributed by atoms with Gasteiger partial charge in [0.05, 0.1) is 11.6 Å². The first-order chi connectivity index (χ1) is 8.19. The second-order valence-corrected chi connectivity index (χ2v) is 6.66. The molecular weight excluding hydrogens is 230 g/mol. The Morgan fingerprint density at radius 2 is 1.89 bits per heavy atom. The van der Waals surface area contributed by atoms with Gasteiger partial charge in [0.25, 0.3) is 12.0 Å². The molecule has 18 heavy (non-hydrogen) atoms. The summed E-state index contributed by atoms with van der Waals surface area (Å²) in [5, 5.41) is 0. The lowest BCUT2D eigenvalue weighted by atomic mass is 9.88. The molecule has 0 radical (unpaired) electrons. The normalized spacial score (nSPS) is 26.2. The van der Waals surface area contributed by atoms with E-state index in [4.69, 9.17) is 9.47 Å². The van der Waals surface area contributed by atoms with E-state index >= 15 is 0 Å². The second-order valence-electron chi connectivity index (χ2n) is 6.66. The van der Waals surface area contributed by atoms with Gasteiger partial charge in [0.2, 0.25) is 0 Å². The number of ether oxygens (including phenoxy) is 2. The molecule has 0 N–H and O–H groups in total. The fourth-order valence-electron chi connectivity index (χ4n) is 1.81. The number of hydrogen-bond acceptors (Lipinski definition) is 5. The summed E-state index contributed by atoms with van der Waals surface area (Å²) in [6.07, 6.45) is 0. The molecule has 5 nitrogen and oxygen atoms in total. The Hall–Kier alpha value is -1.26. The van der Waals surface area contributed by atoms with Crippen LogP contribution in [0.15, 0.2) is 9.98 Å². The predicted molar refractivity (Wildman–Crippen MR) is 71.9 cm³/mol. The number of hydrogen-bond donors (Lipinski definition) is 0.